The third kappa shape index (κ3) is 6.47. The van der Waals surface area contributed by atoms with Crippen molar-refractivity contribution < 1.29 is 9.21 Å². The highest BCUT2D eigenvalue weighted by molar-refractivity contribution is 7.99. The van der Waals surface area contributed by atoms with Gasteiger partial charge in [-0.15, -0.1) is 11.8 Å². The molecular weight excluding hydrogens is 440 g/mol. The van der Waals surface area contributed by atoms with Crippen LogP contribution in [0.4, 0.5) is 0 Å². The minimum absolute atomic E-state index is 0.343. The second-order valence-electron chi connectivity index (χ2n) is 8.47. The van der Waals surface area contributed by atoms with Crippen molar-refractivity contribution in [3.8, 4) is 11.5 Å². The fraction of sp³-hybridized carbons (Fsp3) is 0.385. The molecule has 2 heterocycles. The second kappa shape index (κ2) is 11.2. The van der Waals surface area contributed by atoms with E-state index >= 15 is 0 Å². The molecule has 1 fully saturated rings. The number of Topliss-reactive ketones (excluding diaryl/α,β-unsaturated/α-hetero) is 1. The van der Waals surface area contributed by atoms with Gasteiger partial charge in [0.15, 0.2) is 0 Å². The van der Waals surface area contributed by atoms with Crippen LogP contribution in [0.2, 0.25) is 5.02 Å². The van der Waals surface area contributed by atoms with E-state index in [-0.39, 0.29) is 0 Å². The summed E-state index contributed by atoms with van der Waals surface area (Å²) >= 11 is 7.58. The van der Waals surface area contributed by atoms with Gasteiger partial charge in [0, 0.05) is 29.3 Å². The summed E-state index contributed by atoms with van der Waals surface area (Å²) in [5, 5.41) is 0.688. The van der Waals surface area contributed by atoms with Crippen LogP contribution in [0.5, 0.6) is 0 Å². The Kier molecular flexibility index (Phi) is 8.06. The molecule has 2 aromatic carbocycles. The van der Waals surface area contributed by atoms with Gasteiger partial charge < -0.3 is 4.42 Å². The minimum Gasteiger partial charge on any atom is -0.441 e. The van der Waals surface area contributed by atoms with Gasteiger partial charge in [-0.1, -0.05) is 41.9 Å². The summed E-state index contributed by atoms with van der Waals surface area (Å²) < 4.78 is 5.82. The maximum Gasteiger partial charge on any atom is 0.226 e. The highest BCUT2D eigenvalue weighted by Gasteiger charge is 2.21. The quantitative estimate of drug-likeness (QED) is 0.363. The fourth-order valence-corrected chi connectivity index (χ4v) is 5.15. The Morgan fingerprint density at radius 2 is 1.84 bits per heavy atom. The standard InChI is InChI=1S/C26H29ClN2O2S/c1-19-25(28-26(31-19)22-7-9-23(27)10-8-22)18-32-17-24(30)15-20-11-13-29(14-12-20)16-21-5-3-2-4-6-21/h2-10,20H,11-18H2,1H3. The zero-order chi connectivity index (χ0) is 22.3. The SMILES string of the molecule is Cc1oc(-c2ccc(Cl)cc2)nc1CSCC(=O)CC1CCN(Cc2ccccc2)CC1. The first-order valence-corrected chi connectivity index (χ1v) is 12.7. The molecule has 32 heavy (non-hydrogen) atoms. The maximum absolute atomic E-state index is 12.5. The molecule has 4 nitrogen and oxygen atoms in total. The summed E-state index contributed by atoms with van der Waals surface area (Å²) in [6, 6.07) is 18.1. The molecular formula is C26H29ClN2O2S. The van der Waals surface area contributed by atoms with E-state index < -0.39 is 0 Å². The van der Waals surface area contributed by atoms with Crippen LogP contribution < -0.4 is 0 Å². The number of carbonyl (C=O) groups is 1. The fourth-order valence-electron chi connectivity index (χ4n) is 4.11. The van der Waals surface area contributed by atoms with Crippen molar-refractivity contribution in [3.63, 3.8) is 0 Å². The number of oxazole rings is 1. The Bertz CT molecular complexity index is 1010. The molecule has 0 spiro atoms. The highest BCUT2D eigenvalue weighted by atomic mass is 35.5. The van der Waals surface area contributed by atoms with E-state index in [0.29, 0.717) is 40.5 Å². The Labute approximate surface area is 199 Å². The smallest absolute Gasteiger partial charge is 0.226 e. The number of carbonyl (C=O) groups excluding carboxylic acids is 1. The van der Waals surface area contributed by atoms with E-state index in [1.165, 1.54) is 5.56 Å². The molecule has 1 aromatic heterocycles. The van der Waals surface area contributed by atoms with Crippen LogP contribution in [0, 0.1) is 12.8 Å². The number of aryl methyl sites for hydroxylation is 1. The predicted molar refractivity (Wildman–Crippen MR) is 132 cm³/mol. The third-order valence-electron chi connectivity index (χ3n) is 5.96. The first kappa shape index (κ1) is 23.1. The molecule has 0 radical (unpaired) electrons. The maximum atomic E-state index is 12.5. The number of likely N-dealkylation sites (tertiary alicyclic amines) is 1. The number of nitrogens with zero attached hydrogens (tertiary/aromatic N) is 2. The van der Waals surface area contributed by atoms with Gasteiger partial charge in [0.25, 0.3) is 0 Å². The summed E-state index contributed by atoms with van der Waals surface area (Å²) in [5.74, 6) is 3.48. The summed E-state index contributed by atoms with van der Waals surface area (Å²) in [6.07, 6.45) is 2.91. The van der Waals surface area contributed by atoms with E-state index in [2.05, 4.69) is 40.2 Å². The van der Waals surface area contributed by atoms with Crippen molar-refractivity contribution in [2.75, 3.05) is 18.8 Å². The predicted octanol–water partition coefficient (Wildman–Crippen LogP) is 6.41. The van der Waals surface area contributed by atoms with E-state index in [9.17, 15) is 4.79 Å². The number of hydrogen-bond acceptors (Lipinski definition) is 5. The van der Waals surface area contributed by atoms with Gasteiger partial charge in [-0.05, 0) is 68.6 Å². The minimum atomic E-state index is 0.343. The molecule has 3 aromatic rings. The average Bonchev–Trinajstić information content (AvgIpc) is 3.17. The average molecular weight is 469 g/mol. The lowest BCUT2D eigenvalue weighted by molar-refractivity contribution is -0.117. The zero-order valence-electron chi connectivity index (χ0n) is 18.4. The van der Waals surface area contributed by atoms with Gasteiger partial charge in [0.2, 0.25) is 5.89 Å². The van der Waals surface area contributed by atoms with Crippen LogP contribution in [0.25, 0.3) is 11.5 Å². The van der Waals surface area contributed by atoms with Crippen LogP contribution in [0.1, 0.15) is 36.3 Å². The number of benzene rings is 2. The van der Waals surface area contributed by atoms with Gasteiger partial charge in [-0.2, -0.15) is 0 Å². The van der Waals surface area contributed by atoms with Crippen LogP contribution in [-0.2, 0) is 17.1 Å². The highest BCUT2D eigenvalue weighted by Crippen LogP contribution is 2.26. The summed E-state index contributed by atoms with van der Waals surface area (Å²) in [4.78, 5) is 19.6. The Balaban J connectivity index is 1.18. The monoisotopic (exact) mass is 468 g/mol. The zero-order valence-corrected chi connectivity index (χ0v) is 20.0. The topological polar surface area (TPSA) is 46.3 Å². The lowest BCUT2D eigenvalue weighted by Crippen LogP contribution is -2.34. The summed E-state index contributed by atoms with van der Waals surface area (Å²) in [6.45, 7) is 5.08. The van der Waals surface area contributed by atoms with Crippen molar-refractivity contribution in [1.29, 1.82) is 0 Å². The second-order valence-corrected chi connectivity index (χ2v) is 9.89. The van der Waals surface area contributed by atoms with Crippen molar-refractivity contribution in [2.45, 2.75) is 38.5 Å². The Hall–Kier alpha value is -2.08. The van der Waals surface area contributed by atoms with Gasteiger partial charge in [0.05, 0.1) is 11.4 Å². The lowest BCUT2D eigenvalue weighted by atomic mass is 9.92. The summed E-state index contributed by atoms with van der Waals surface area (Å²) in [5.41, 5.74) is 3.17. The molecule has 0 amide bonds. The third-order valence-corrected chi connectivity index (χ3v) is 7.21. The first-order valence-electron chi connectivity index (χ1n) is 11.1. The molecule has 0 saturated carbocycles. The van der Waals surface area contributed by atoms with Crippen molar-refractivity contribution in [1.82, 2.24) is 9.88 Å². The molecule has 1 aliphatic heterocycles. The van der Waals surface area contributed by atoms with E-state index in [4.69, 9.17) is 16.0 Å². The van der Waals surface area contributed by atoms with Gasteiger partial charge in [-0.25, -0.2) is 4.98 Å². The van der Waals surface area contributed by atoms with Crippen molar-refractivity contribution >= 4 is 29.1 Å². The molecule has 0 unspecified atom stereocenters. The molecule has 4 rings (SSSR count). The normalized spacial score (nSPS) is 15.2. The van der Waals surface area contributed by atoms with Crippen molar-refractivity contribution in [2.24, 2.45) is 5.92 Å². The summed E-state index contributed by atoms with van der Waals surface area (Å²) in [7, 11) is 0. The molecule has 0 bridgehead atoms. The van der Waals surface area contributed by atoms with Gasteiger partial charge >= 0.3 is 0 Å². The first-order chi connectivity index (χ1) is 15.6. The number of ketones is 1. The number of halogens is 1. The van der Waals surface area contributed by atoms with E-state index in [0.717, 1.165) is 49.5 Å². The van der Waals surface area contributed by atoms with Crippen LogP contribution in [-0.4, -0.2) is 34.5 Å². The number of thioether (sulfide) groups is 1. The molecule has 1 saturated heterocycles. The molecule has 168 valence electrons. The molecule has 0 N–H and O–H groups in total. The molecule has 0 aliphatic carbocycles. The number of piperidine rings is 1. The Morgan fingerprint density at radius 3 is 2.56 bits per heavy atom. The van der Waals surface area contributed by atoms with Crippen LogP contribution >= 0.6 is 23.4 Å². The van der Waals surface area contributed by atoms with Crippen LogP contribution in [0.3, 0.4) is 0 Å². The molecule has 1 aliphatic rings. The molecule has 0 atom stereocenters. The number of hydrogen-bond donors (Lipinski definition) is 0. The van der Waals surface area contributed by atoms with Crippen molar-refractivity contribution in [3.05, 3.63) is 76.6 Å². The number of rotatable bonds is 9. The van der Waals surface area contributed by atoms with E-state index in [1.807, 2.05) is 31.2 Å². The Morgan fingerprint density at radius 1 is 1.12 bits per heavy atom. The molecule has 6 heteroatoms. The van der Waals surface area contributed by atoms with Gasteiger partial charge in [0.1, 0.15) is 11.5 Å². The van der Waals surface area contributed by atoms with E-state index in [1.54, 1.807) is 11.8 Å². The number of aromatic nitrogens is 1. The largest absolute Gasteiger partial charge is 0.441 e. The van der Waals surface area contributed by atoms with Gasteiger partial charge in [-0.3, -0.25) is 9.69 Å². The lowest BCUT2D eigenvalue weighted by Gasteiger charge is -2.31. The van der Waals surface area contributed by atoms with Crippen LogP contribution in [0.15, 0.2) is 59.0 Å².